The van der Waals surface area contributed by atoms with Crippen molar-refractivity contribution in [3.63, 3.8) is 0 Å². The number of rotatable bonds is 38. The van der Waals surface area contributed by atoms with Crippen molar-refractivity contribution in [1.82, 2.24) is 0 Å². The summed E-state index contributed by atoms with van der Waals surface area (Å²) < 4.78 is 22.2. The monoisotopic (exact) mass is 833 g/mol. The van der Waals surface area contributed by atoms with Crippen LogP contribution in [-0.4, -0.2) is 89.0 Å². The summed E-state index contributed by atoms with van der Waals surface area (Å²) in [6, 6.07) is 0. The number of hydrogen-bond donors (Lipinski definition) is 4. The molecule has 0 bridgehead atoms. The fourth-order valence-electron chi connectivity index (χ4n) is 6.70. The zero-order valence-electron chi connectivity index (χ0n) is 37.0. The molecule has 10 nitrogen and oxygen atoms in total. The number of esters is 2. The lowest BCUT2D eigenvalue weighted by atomic mass is 9.99. The number of carbonyl (C=O) groups is 2. The Bertz CT molecular complexity index is 1150. The van der Waals surface area contributed by atoms with E-state index in [-0.39, 0.29) is 32.0 Å². The summed E-state index contributed by atoms with van der Waals surface area (Å²) in [5, 5.41) is 40.1. The molecule has 1 aliphatic rings. The van der Waals surface area contributed by atoms with Gasteiger partial charge >= 0.3 is 11.9 Å². The highest BCUT2D eigenvalue weighted by Crippen LogP contribution is 2.22. The Balaban J connectivity index is 2.31. The average Bonchev–Trinajstić information content (AvgIpc) is 3.23. The van der Waals surface area contributed by atoms with Crippen molar-refractivity contribution in [3.8, 4) is 0 Å². The van der Waals surface area contributed by atoms with E-state index in [4.69, 9.17) is 18.9 Å². The van der Waals surface area contributed by atoms with Crippen LogP contribution in [-0.2, 0) is 28.5 Å². The van der Waals surface area contributed by atoms with Gasteiger partial charge in [0.05, 0.1) is 13.2 Å². The summed E-state index contributed by atoms with van der Waals surface area (Å²) in [7, 11) is 0. The van der Waals surface area contributed by atoms with E-state index < -0.39 is 49.4 Å². The minimum Gasteiger partial charge on any atom is -0.462 e. The Morgan fingerprint density at radius 2 is 1.00 bits per heavy atom. The SMILES string of the molecule is CC/C=C\C/C=C\C/C=C\CCCCCCCC(=O)OC(COC(=O)CCCCCCCCCCC/C=C\C/C=C\CCCCC)COC1OC(CO)C(O)C(O)C1O. The molecule has 0 aromatic heterocycles. The maximum absolute atomic E-state index is 12.8. The second kappa shape index (κ2) is 39.5. The molecule has 0 saturated carbocycles. The van der Waals surface area contributed by atoms with Gasteiger partial charge in [0, 0.05) is 12.8 Å². The highest BCUT2D eigenvalue weighted by Gasteiger charge is 2.44. The number of carbonyl (C=O) groups excluding carboxylic acids is 2. The molecule has 0 aliphatic carbocycles. The predicted molar refractivity (Wildman–Crippen MR) is 238 cm³/mol. The number of aliphatic hydroxyl groups is 4. The summed E-state index contributed by atoms with van der Waals surface area (Å²) in [6.07, 6.45) is 40.8. The highest BCUT2D eigenvalue weighted by molar-refractivity contribution is 5.70. The Kier molecular flexibility index (Phi) is 36.5. The first kappa shape index (κ1) is 54.4. The van der Waals surface area contributed by atoms with Crippen LogP contribution in [0, 0.1) is 0 Å². The molecule has 0 radical (unpaired) electrons. The Labute approximate surface area is 358 Å². The first-order chi connectivity index (χ1) is 28.8. The molecular weight excluding hydrogens is 749 g/mol. The minimum atomic E-state index is -1.60. The molecule has 1 saturated heterocycles. The number of unbranched alkanes of at least 4 members (excludes halogenated alkanes) is 17. The number of hydrogen-bond acceptors (Lipinski definition) is 10. The molecule has 6 atom stereocenters. The maximum Gasteiger partial charge on any atom is 0.306 e. The second-order valence-electron chi connectivity index (χ2n) is 15.8. The van der Waals surface area contributed by atoms with Crippen LogP contribution in [0.1, 0.15) is 181 Å². The summed E-state index contributed by atoms with van der Waals surface area (Å²) in [5.41, 5.74) is 0. The maximum atomic E-state index is 12.8. The molecule has 1 rings (SSSR count). The molecule has 340 valence electrons. The summed E-state index contributed by atoms with van der Waals surface area (Å²) in [4.78, 5) is 25.4. The van der Waals surface area contributed by atoms with Crippen LogP contribution in [0.2, 0.25) is 0 Å². The zero-order chi connectivity index (χ0) is 43.0. The Morgan fingerprint density at radius 1 is 0.542 bits per heavy atom. The fraction of sp³-hybridized carbons (Fsp3) is 0.755. The van der Waals surface area contributed by atoms with Crippen LogP contribution >= 0.6 is 0 Å². The first-order valence-corrected chi connectivity index (χ1v) is 23.4. The third-order valence-corrected chi connectivity index (χ3v) is 10.4. The largest absolute Gasteiger partial charge is 0.462 e. The molecule has 10 heteroatoms. The van der Waals surface area contributed by atoms with Crippen LogP contribution in [0.3, 0.4) is 0 Å². The molecule has 0 aromatic carbocycles. The molecule has 1 aliphatic heterocycles. The third kappa shape index (κ3) is 31.0. The molecule has 6 unspecified atom stereocenters. The van der Waals surface area contributed by atoms with E-state index in [2.05, 4.69) is 74.6 Å². The number of ether oxygens (including phenoxy) is 4. The van der Waals surface area contributed by atoms with Crippen LogP contribution in [0.5, 0.6) is 0 Å². The van der Waals surface area contributed by atoms with Gasteiger partial charge in [-0.05, 0) is 77.0 Å². The van der Waals surface area contributed by atoms with Gasteiger partial charge in [-0.2, -0.15) is 0 Å². The van der Waals surface area contributed by atoms with Crippen molar-refractivity contribution in [2.24, 2.45) is 0 Å². The molecule has 0 amide bonds. The van der Waals surface area contributed by atoms with Crippen molar-refractivity contribution in [2.75, 3.05) is 19.8 Å². The normalized spacial score (nSPS) is 20.5. The van der Waals surface area contributed by atoms with Gasteiger partial charge in [-0.15, -0.1) is 0 Å². The van der Waals surface area contributed by atoms with Gasteiger partial charge in [0.15, 0.2) is 12.4 Å². The zero-order valence-corrected chi connectivity index (χ0v) is 37.0. The molecule has 4 N–H and O–H groups in total. The second-order valence-corrected chi connectivity index (χ2v) is 15.8. The summed E-state index contributed by atoms with van der Waals surface area (Å²) >= 11 is 0. The van der Waals surface area contributed by atoms with E-state index in [0.717, 1.165) is 89.9 Å². The van der Waals surface area contributed by atoms with Gasteiger partial charge in [-0.3, -0.25) is 9.59 Å². The van der Waals surface area contributed by atoms with Crippen molar-refractivity contribution < 1.29 is 49.0 Å². The quantitative estimate of drug-likeness (QED) is 0.0269. The van der Waals surface area contributed by atoms with Crippen LogP contribution < -0.4 is 0 Å². The number of allylic oxidation sites excluding steroid dienone is 10. The van der Waals surface area contributed by atoms with Gasteiger partial charge in [-0.1, -0.05) is 152 Å². The van der Waals surface area contributed by atoms with Crippen LogP contribution in [0.4, 0.5) is 0 Å². The van der Waals surface area contributed by atoms with E-state index in [1.807, 2.05) is 0 Å². The van der Waals surface area contributed by atoms with E-state index in [9.17, 15) is 30.0 Å². The van der Waals surface area contributed by atoms with Gasteiger partial charge in [0.2, 0.25) is 0 Å². The molecular formula is C49H84O10. The summed E-state index contributed by atoms with van der Waals surface area (Å²) in [6.45, 7) is 3.26. The molecule has 0 spiro atoms. The topological polar surface area (TPSA) is 152 Å². The lowest BCUT2D eigenvalue weighted by Gasteiger charge is -2.39. The summed E-state index contributed by atoms with van der Waals surface area (Å²) in [5.74, 6) is -0.833. The van der Waals surface area contributed by atoms with Gasteiger partial charge < -0.3 is 39.4 Å². The Hall–Kier alpha value is -2.60. The fourth-order valence-corrected chi connectivity index (χ4v) is 6.70. The molecule has 59 heavy (non-hydrogen) atoms. The van der Waals surface area contributed by atoms with Gasteiger partial charge in [-0.25, -0.2) is 0 Å². The number of aliphatic hydroxyl groups excluding tert-OH is 4. The third-order valence-electron chi connectivity index (χ3n) is 10.4. The van der Waals surface area contributed by atoms with Crippen LogP contribution in [0.25, 0.3) is 0 Å². The van der Waals surface area contributed by atoms with Crippen molar-refractivity contribution >= 4 is 11.9 Å². The van der Waals surface area contributed by atoms with E-state index in [0.29, 0.717) is 6.42 Å². The molecule has 1 heterocycles. The lowest BCUT2D eigenvalue weighted by molar-refractivity contribution is -0.305. The smallest absolute Gasteiger partial charge is 0.306 e. The standard InChI is InChI=1S/C49H84O10/c1-3-5-7-9-11-13-15-17-19-20-21-22-24-25-27-29-31-33-35-37-44(51)56-40-42(41-57-49-48(55)47(54)46(53)43(39-50)59-49)58-45(52)38-36-34-32-30-28-26-23-18-16-14-12-10-8-6-4-2/h6,8,11-14,17-19,23,42-43,46-50,53-55H,3-5,7,9-10,15-16,20-22,24-41H2,1-2H3/b8-6-,13-11-,14-12-,19-17-,23-18-. The van der Waals surface area contributed by atoms with Crippen molar-refractivity contribution in [2.45, 2.75) is 218 Å². The van der Waals surface area contributed by atoms with Gasteiger partial charge in [0.25, 0.3) is 0 Å². The van der Waals surface area contributed by atoms with E-state index in [1.165, 1.54) is 57.8 Å². The van der Waals surface area contributed by atoms with Crippen molar-refractivity contribution in [3.05, 3.63) is 60.8 Å². The first-order valence-electron chi connectivity index (χ1n) is 23.4. The van der Waals surface area contributed by atoms with E-state index in [1.54, 1.807) is 0 Å². The highest BCUT2D eigenvalue weighted by atomic mass is 16.7. The van der Waals surface area contributed by atoms with Crippen LogP contribution in [0.15, 0.2) is 60.8 Å². The minimum absolute atomic E-state index is 0.207. The predicted octanol–water partition coefficient (Wildman–Crippen LogP) is 10.2. The average molecular weight is 833 g/mol. The van der Waals surface area contributed by atoms with Crippen molar-refractivity contribution in [1.29, 1.82) is 0 Å². The molecule has 1 fully saturated rings. The Morgan fingerprint density at radius 3 is 1.51 bits per heavy atom. The molecule has 0 aromatic rings. The van der Waals surface area contributed by atoms with E-state index >= 15 is 0 Å². The lowest BCUT2D eigenvalue weighted by Crippen LogP contribution is -2.59. The van der Waals surface area contributed by atoms with Gasteiger partial charge in [0.1, 0.15) is 31.0 Å².